The number of fused-ring (bicyclic) bond motifs is 1. The molecule has 13 heavy (non-hydrogen) atoms. The molecule has 0 aromatic heterocycles. The number of halogens is 1. The zero-order valence-electron chi connectivity index (χ0n) is 6.66. The SMILES string of the molecule is O=S1(=O)COc2ccc(CBr)cc21. The van der Waals surface area contributed by atoms with Crippen molar-refractivity contribution in [1.29, 1.82) is 0 Å². The van der Waals surface area contributed by atoms with Crippen LogP contribution < -0.4 is 4.74 Å². The molecule has 1 aromatic carbocycles. The topological polar surface area (TPSA) is 43.4 Å². The minimum atomic E-state index is -3.18. The maximum absolute atomic E-state index is 11.4. The van der Waals surface area contributed by atoms with Gasteiger partial charge < -0.3 is 4.74 Å². The fraction of sp³-hybridized carbons (Fsp3) is 0.250. The highest BCUT2D eigenvalue weighted by Crippen LogP contribution is 2.32. The quantitative estimate of drug-likeness (QED) is 0.724. The average molecular weight is 263 g/mol. The van der Waals surface area contributed by atoms with Gasteiger partial charge in [0.25, 0.3) is 0 Å². The van der Waals surface area contributed by atoms with E-state index >= 15 is 0 Å². The molecule has 0 unspecified atom stereocenters. The Hall–Kier alpha value is -0.550. The lowest BCUT2D eigenvalue weighted by Crippen LogP contribution is -2.01. The second kappa shape index (κ2) is 2.99. The van der Waals surface area contributed by atoms with Crippen LogP contribution in [0.1, 0.15) is 5.56 Å². The van der Waals surface area contributed by atoms with E-state index in [1.807, 2.05) is 6.07 Å². The molecule has 3 nitrogen and oxygen atoms in total. The number of hydrogen-bond donors (Lipinski definition) is 0. The molecule has 1 aromatic rings. The van der Waals surface area contributed by atoms with Crippen LogP contribution in [0.2, 0.25) is 0 Å². The Balaban J connectivity index is 2.63. The number of benzene rings is 1. The maximum atomic E-state index is 11.4. The van der Waals surface area contributed by atoms with Crippen LogP contribution >= 0.6 is 15.9 Å². The zero-order valence-corrected chi connectivity index (χ0v) is 9.06. The molecule has 0 N–H and O–H groups in total. The van der Waals surface area contributed by atoms with E-state index in [0.29, 0.717) is 16.0 Å². The Kier molecular flexibility index (Phi) is 2.08. The van der Waals surface area contributed by atoms with E-state index in [1.165, 1.54) is 0 Å². The van der Waals surface area contributed by atoms with E-state index in [9.17, 15) is 8.42 Å². The van der Waals surface area contributed by atoms with Gasteiger partial charge in [-0.1, -0.05) is 22.0 Å². The van der Waals surface area contributed by atoms with E-state index in [1.54, 1.807) is 12.1 Å². The van der Waals surface area contributed by atoms with Gasteiger partial charge in [0.2, 0.25) is 9.84 Å². The van der Waals surface area contributed by atoms with Gasteiger partial charge in [0, 0.05) is 5.33 Å². The molecule has 1 heterocycles. The van der Waals surface area contributed by atoms with Crippen molar-refractivity contribution in [2.24, 2.45) is 0 Å². The Morgan fingerprint density at radius 1 is 1.46 bits per heavy atom. The van der Waals surface area contributed by atoms with E-state index in [-0.39, 0.29) is 5.94 Å². The van der Waals surface area contributed by atoms with Gasteiger partial charge in [-0.05, 0) is 17.7 Å². The minimum Gasteiger partial charge on any atom is -0.476 e. The van der Waals surface area contributed by atoms with Crippen LogP contribution in [-0.2, 0) is 15.2 Å². The number of hydrogen-bond acceptors (Lipinski definition) is 3. The molecule has 0 radical (unpaired) electrons. The van der Waals surface area contributed by atoms with Gasteiger partial charge in [-0.25, -0.2) is 8.42 Å². The predicted molar refractivity (Wildman–Crippen MR) is 51.8 cm³/mol. The lowest BCUT2D eigenvalue weighted by atomic mass is 10.2. The largest absolute Gasteiger partial charge is 0.476 e. The molecule has 0 aliphatic carbocycles. The van der Waals surface area contributed by atoms with Gasteiger partial charge in [-0.2, -0.15) is 0 Å². The lowest BCUT2D eigenvalue weighted by molar-refractivity contribution is 0.389. The summed E-state index contributed by atoms with van der Waals surface area (Å²) in [7, 11) is -3.18. The molecule has 5 heteroatoms. The molecular formula is C8H7BrO3S. The van der Waals surface area contributed by atoms with Crippen molar-refractivity contribution in [3.63, 3.8) is 0 Å². The van der Waals surface area contributed by atoms with E-state index in [4.69, 9.17) is 4.74 Å². The van der Waals surface area contributed by atoms with Crippen LogP contribution in [0.4, 0.5) is 0 Å². The summed E-state index contributed by atoms with van der Waals surface area (Å²) in [6.45, 7) is 0. The molecule has 0 spiro atoms. The van der Waals surface area contributed by atoms with Crippen LogP contribution in [0.25, 0.3) is 0 Å². The Morgan fingerprint density at radius 2 is 2.23 bits per heavy atom. The number of sulfone groups is 1. The summed E-state index contributed by atoms with van der Waals surface area (Å²) in [5.41, 5.74) is 0.938. The van der Waals surface area contributed by atoms with Gasteiger partial charge >= 0.3 is 0 Å². The van der Waals surface area contributed by atoms with Gasteiger partial charge in [0.05, 0.1) is 0 Å². The van der Waals surface area contributed by atoms with Crippen LogP contribution in [0.3, 0.4) is 0 Å². The monoisotopic (exact) mass is 262 g/mol. The Morgan fingerprint density at radius 3 is 2.92 bits per heavy atom. The van der Waals surface area contributed by atoms with Crippen LogP contribution in [0, 0.1) is 0 Å². The van der Waals surface area contributed by atoms with Gasteiger partial charge in [0.1, 0.15) is 10.6 Å². The molecule has 0 amide bonds. The van der Waals surface area contributed by atoms with Crippen molar-refractivity contribution in [3.05, 3.63) is 23.8 Å². The van der Waals surface area contributed by atoms with Gasteiger partial charge in [-0.3, -0.25) is 0 Å². The molecular weight excluding hydrogens is 256 g/mol. The molecule has 0 saturated heterocycles. The van der Waals surface area contributed by atoms with E-state index in [2.05, 4.69) is 15.9 Å². The Labute approximate surface area is 84.8 Å². The summed E-state index contributed by atoms with van der Waals surface area (Å²) in [5.74, 6) is 0.235. The molecule has 70 valence electrons. The summed E-state index contributed by atoms with van der Waals surface area (Å²) >= 11 is 3.27. The average Bonchev–Trinajstić information content (AvgIpc) is 2.42. The maximum Gasteiger partial charge on any atom is 0.216 e. The third-order valence-electron chi connectivity index (χ3n) is 1.87. The number of rotatable bonds is 1. The molecule has 2 rings (SSSR count). The van der Waals surface area contributed by atoms with Crippen molar-refractivity contribution in [3.8, 4) is 5.75 Å². The fourth-order valence-electron chi connectivity index (χ4n) is 1.20. The van der Waals surface area contributed by atoms with Crippen molar-refractivity contribution in [2.75, 3.05) is 5.94 Å². The van der Waals surface area contributed by atoms with Crippen LogP contribution in [-0.4, -0.2) is 14.4 Å². The van der Waals surface area contributed by atoms with Gasteiger partial charge in [0.15, 0.2) is 5.94 Å². The first-order valence-corrected chi connectivity index (χ1v) is 6.45. The second-order valence-electron chi connectivity index (χ2n) is 2.79. The highest BCUT2D eigenvalue weighted by atomic mass is 79.9. The predicted octanol–water partition coefficient (Wildman–Crippen LogP) is 1.71. The molecule has 0 fully saturated rings. The first-order chi connectivity index (χ1) is 6.13. The zero-order chi connectivity index (χ0) is 9.47. The summed E-state index contributed by atoms with van der Waals surface area (Å²) in [6.07, 6.45) is 0. The minimum absolute atomic E-state index is 0.228. The molecule has 0 atom stereocenters. The first kappa shape index (κ1) is 9.02. The van der Waals surface area contributed by atoms with E-state index < -0.39 is 9.84 Å². The number of ether oxygens (including phenoxy) is 1. The molecule has 0 saturated carbocycles. The second-order valence-corrected chi connectivity index (χ2v) is 5.26. The van der Waals surface area contributed by atoms with Crippen LogP contribution in [0.5, 0.6) is 5.75 Å². The highest BCUT2D eigenvalue weighted by Gasteiger charge is 2.27. The first-order valence-electron chi connectivity index (χ1n) is 3.68. The third-order valence-corrected chi connectivity index (χ3v) is 3.93. The number of alkyl halides is 1. The Bertz CT molecular complexity index is 439. The van der Waals surface area contributed by atoms with Crippen molar-refractivity contribution in [1.82, 2.24) is 0 Å². The highest BCUT2D eigenvalue weighted by molar-refractivity contribution is 9.08. The fourth-order valence-corrected chi connectivity index (χ4v) is 2.72. The van der Waals surface area contributed by atoms with Crippen molar-refractivity contribution in [2.45, 2.75) is 10.2 Å². The van der Waals surface area contributed by atoms with Crippen molar-refractivity contribution >= 4 is 25.8 Å². The summed E-state index contributed by atoms with van der Waals surface area (Å²) < 4.78 is 27.8. The lowest BCUT2D eigenvalue weighted by Gasteiger charge is -1.98. The summed E-state index contributed by atoms with van der Waals surface area (Å²) in [5, 5.41) is 0.649. The summed E-state index contributed by atoms with van der Waals surface area (Å²) in [6, 6.07) is 5.18. The van der Waals surface area contributed by atoms with Crippen LogP contribution in [0.15, 0.2) is 23.1 Å². The van der Waals surface area contributed by atoms with Crippen molar-refractivity contribution < 1.29 is 13.2 Å². The summed E-state index contributed by atoms with van der Waals surface area (Å²) in [4.78, 5) is 0.310. The molecule has 0 bridgehead atoms. The van der Waals surface area contributed by atoms with E-state index in [0.717, 1.165) is 5.56 Å². The van der Waals surface area contributed by atoms with Gasteiger partial charge in [-0.15, -0.1) is 0 Å². The normalized spacial score (nSPS) is 17.9. The molecule has 1 aliphatic heterocycles. The standard InChI is InChI=1S/C8H7BrO3S/c9-4-6-1-2-7-8(3-6)13(10,11)5-12-7/h1-3H,4-5H2. The third kappa shape index (κ3) is 1.46. The smallest absolute Gasteiger partial charge is 0.216 e. The molecule has 1 aliphatic rings.